The molecule has 6 rings (SSSR count). The summed E-state index contributed by atoms with van der Waals surface area (Å²) >= 11 is 0. The first-order valence-electron chi connectivity index (χ1n) is 13.1. The molecule has 2 aromatic heterocycles. The number of rotatable bonds is 3. The van der Waals surface area contributed by atoms with E-state index in [4.69, 9.17) is 4.98 Å². The number of halogens is 1. The Hall–Kier alpha value is -3.43. The second kappa shape index (κ2) is 8.28. The van der Waals surface area contributed by atoms with Crippen LogP contribution in [0.5, 0.6) is 0 Å². The molecule has 0 bridgehead atoms. The monoisotopic (exact) mass is 519 g/mol. The van der Waals surface area contributed by atoms with E-state index >= 15 is 4.39 Å². The maximum absolute atomic E-state index is 15.0. The molecular weight excluding hydrogens is 489 g/mol. The van der Waals surface area contributed by atoms with E-state index in [1.807, 2.05) is 0 Å². The second-order valence-corrected chi connectivity index (χ2v) is 10.8. The first-order chi connectivity index (χ1) is 18.0. The molecular formula is C29H30FN3O5. The molecule has 1 amide bonds. The van der Waals surface area contributed by atoms with Crippen LogP contribution in [0.4, 0.5) is 4.39 Å². The van der Waals surface area contributed by atoms with Gasteiger partial charge in [0.2, 0.25) is 0 Å². The molecule has 0 spiro atoms. The Bertz CT molecular complexity index is 1640. The predicted molar refractivity (Wildman–Crippen MR) is 138 cm³/mol. The Labute approximate surface area is 218 Å². The van der Waals surface area contributed by atoms with E-state index < -0.39 is 23.7 Å². The number of nitrogens with zero attached hydrogens (tertiary/aromatic N) is 3. The van der Waals surface area contributed by atoms with Crippen LogP contribution in [0.1, 0.15) is 72.5 Å². The second-order valence-electron chi connectivity index (χ2n) is 10.8. The van der Waals surface area contributed by atoms with Crippen molar-refractivity contribution in [1.82, 2.24) is 14.5 Å². The highest BCUT2D eigenvalue weighted by atomic mass is 19.1. The van der Waals surface area contributed by atoms with E-state index in [0.29, 0.717) is 46.4 Å². The summed E-state index contributed by atoms with van der Waals surface area (Å²) < 4.78 is 16.6. The number of benzene rings is 1. The predicted octanol–water partition coefficient (Wildman–Crippen LogP) is 2.81. The van der Waals surface area contributed by atoms with Crippen molar-refractivity contribution in [2.75, 3.05) is 7.05 Å². The molecule has 38 heavy (non-hydrogen) atoms. The van der Waals surface area contributed by atoms with Crippen molar-refractivity contribution < 1.29 is 24.2 Å². The van der Waals surface area contributed by atoms with E-state index in [1.165, 1.54) is 17.9 Å². The molecule has 1 unspecified atom stereocenters. The molecule has 0 fully saturated rings. The number of likely N-dealkylation sites (N-methyl/N-ethyl adjacent to an activating group) is 1. The van der Waals surface area contributed by atoms with Gasteiger partial charge in [-0.25, -0.2) is 9.37 Å². The average Bonchev–Trinajstić information content (AvgIpc) is 3.27. The minimum absolute atomic E-state index is 0.0997. The standard InChI is InChI=1S/C29H30FN3O5/c1-5-29(38)18-10-22-26-17(12-33(22)28(37)16(18)7-9-23(29)35)25-21(32(4)27(36)14(3)34)8-6-15-13(2)19(30)11-20(31-26)24(15)25/h10-11,14,21,34,38H,5-9,12H2,1-4H3/t14?,21-,29-/m0/s1. The Morgan fingerprint density at radius 1 is 1.24 bits per heavy atom. The summed E-state index contributed by atoms with van der Waals surface area (Å²) in [5, 5.41) is 22.1. The number of fused-ring (bicyclic) bond motifs is 5. The molecule has 9 heteroatoms. The summed E-state index contributed by atoms with van der Waals surface area (Å²) in [6.07, 6.45) is 0.399. The van der Waals surface area contributed by atoms with E-state index in [9.17, 15) is 24.6 Å². The Morgan fingerprint density at radius 2 is 1.97 bits per heavy atom. The number of carbonyl (C=O) groups is 2. The van der Waals surface area contributed by atoms with Gasteiger partial charge in [-0.05, 0) is 62.3 Å². The maximum Gasteiger partial charge on any atom is 0.254 e. The van der Waals surface area contributed by atoms with Gasteiger partial charge in [0.15, 0.2) is 5.78 Å². The van der Waals surface area contributed by atoms with Crippen LogP contribution < -0.4 is 5.56 Å². The molecule has 3 aromatic rings. The SMILES string of the molecule is CC[C@@]1(O)C(=O)CCc2c1cc1n(c2=O)Cc2c-1nc1cc(F)c(C)c3c1c2[C@@H](N(C)C(=O)C(C)O)CC3. The van der Waals surface area contributed by atoms with Crippen LogP contribution in [0.2, 0.25) is 0 Å². The first-order valence-corrected chi connectivity index (χ1v) is 13.1. The van der Waals surface area contributed by atoms with Gasteiger partial charge >= 0.3 is 0 Å². The van der Waals surface area contributed by atoms with Gasteiger partial charge < -0.3 is 19.7 Å². The highest BCUT2D eigenvalue weighted by Gasteiger charge is 2.44. The third kappa shape index (κ3) is 3.15. The maximum atomic E-state index is 15.0. The quantitative estimate of drug-likeness (QED) is 0.431. The molecule has 2 aliphatic carbocycles. The van der Waals surface area contributed by atoms with Crippen molar-refractivity contribution in [2.24, 2.45) is 0 Å². The zero-order valence-electron chi connectivity index (χ0n) is 21.9. The number of aryl methyl sites for hydroxylation is 1. The number of amides is 1. The van der Waals surface area contributed by atoms with Crippen molar-refractivity contribution in [3.8, 4) is 11.4 Å². The van der Waals surface area contributed by atoms with Gasteiger partial charge in [0, 0.05) is 41.6 Å². The molecule has 3 atom stereocenters. The molecule has 2 N–H and O–H groups in total. The van der Waals surface area contributed by atoms with Crippen LogP contribution in [0, 0.1) is 12.7 Å². The highest BCUT2D eigenvalue weighted by Crippen LogP contribution is 2.47. The van der Waals surface area contributed by atoms with E-state index in [0.717, 1.165) is 22.1 Å². The van der Waals surface area contributed by atoms with Crippen molar-refractivity contribution in [3.05, 3.63) is 61.7 Å². The van der Waals surface area contributed by atoms with Gasteiger partial charge in [-0.1, -0.05) is 6.92 Å². The zero-order chi connectivity index (χ0) is 27.3. The van der Waals surface area contributed by atoms with Crippen LogP contribution in [0.3, 0.4) is 0 Å². The lowest BCUT2D eigenvalue weighted by Gasteiger charge is -2.35. The lowest BCUT2D eigenvalue weighted by Crippen LogP contribution is -2.43. The minimum Gasteiger partial charge on any atom is -0.384 e. The molecule has 1 aliphatic heterocycles. The Balaban J connectivity index is 1.67. The molecule has 198 valence electrons. The summed E-state index contributed by atoms with van der Waals surface area (Å²) in [7, 11) is 1.65. The summed E-state index contributed by atoms with van der Waals surface area (Å²) in [6, 6.07) is 2.69. The van der Waals surface area contributed by atoms with E-state index in [-0.39, 0.29) is 43.0 Å². The van der Waals surface area contributed by atoms with Crippen LogP contribution in [0.25, 0.3) is 22.3 Å². The third-order valence-electron chi connectivity index (χ3n) is 8.90. The first kappa shape index (κ1) is 24.9. The van der Waals surface area contributed by atoms with Crippen molar-refractivity contribution >= 4 is 22.6 Å². The average molecular weight is 520 g/mol. The number of aromatic nitrogens is 2. The summed E-state index contributed by atoms with van der Waals surface area (Å²) in [4.78, 5) is 45.7. The summed E-state index contributed by atoms with van der Waals surface area (Å²) in [6.45, 7) is 5.10. The lowest BCUT2D eigenvalue weighted by molar-refractivity contribution is -0.140. The lowest BCUT2D eigenvalue weighted by atomic mass is 9.77. The molecule has 0 saturated heterocycles. The smallest absolute Gasteiger partial charge is 0.254 e. The van der Waals surface area contributed by atoms with Crippen LogP contribution in [-0.4, -0.2) is 49.5 Å². The summed E-state index contributed by atoms with van der Waals surface area (Å²) in [5.74, 6) is -1.10. The van der Waals surface area contributed by atoms with Crippen molar-refractivity contribution in [1.29, 1.82) is 0 Å². The van der Waals surface area contributed by atoms with E-state index in [1.54, 1.807) is 31.5 Å². The Kier molecular flexibility index (Phi) is 5.42. The van der Waals surface area contributed by atoms with E-state index in [2.05, 4.69) is 0 Å². The van der Waals surface area contributed by atoms with Crippen molar-refractivity contribution in [3.63, 3.8) is 0 Å². The molecule has 3 aliphatic rings. The number of hydrogen-bond donors (Lipinski definition) is 2. The number of aliphatic hydroxyl groups is 2. The number of pyridine rings is 2. The fraction of sp³-hybridized carbons (Fsp3) is 0.448. The van der Waals surface area contributed by atoms with Gasteiger partial charge in [-0.15, -0.1) is 0 Å². The number of carbonyl (C=O) groups excluding carboxylic acids is 2. The molecule has 0 saturated carbocycles. The van der Waals surface area contributed by atoms with Crippen LogP contribution >= 0.6 is 0 Å². The normalized spacial score (nSPS) is 22.2. The molecule has 3 heterocycles. The van der Waals surface area contributed by atoms with Gasteiger partial charge in [0.05, 0.1) is 29.5 Å². The van der Waals surface area contributed by atoms with Gasteiger partial charge in [-0.3, -0.25) is 14.4 Å². The highest BCUT2D eigenvalue weighted by molar-refractivity contribution is 5.94. The zero-order valence-corrected chi connectivity index (χ0v) is 21.9. The Morgan fingerprint density at radius 3 is 2.66 bits per heavy atom. The van der Waals surface area contributed by atoms with Gasteiger partial charge in [0.25, 0.3) is 11.5 Å². The molecule has 0 radical (unpaired) electrons. The van der Waals surface area contributed by atoms with Crippen LogP contribution in [0.15, 0.2) is 16.9 Å². The fourth-order valence-corrected chi connectivity index (χ4v) is 6.75. The molecule has 1 aromatic carbocycles. The topological polar surface area (TPSA) is 113 Å². The number of hydrogen-bond acceptors (Lipinski definition) is 6. The third-order valence-corrected chi connectivity index (χ3v) is 8.90. The van der Waals surface area contributed by atoms with Gasteiger partial charge in [0.1, 0.15) is 17.5 Å². The number of Topliss-reactive ketones (excluding diaryl/α,β-unsaturated/α-hetero) is 1. The van der Waals surface area contributed by atoms with Gasteiger partial charge in [-0.2, -0.15) is 0 Å². The number of aliphatic hydroxyl groups excluding tert-OH is 1. The van der Waals surface area contributed by atoms with Crippen molar-refractivity contribution in [2.45, 2.75) is 77.2 Å². The van der Waals surface area contributed by atoms with Crippen LogP contribution in [-0.2, 0) is 34.6 Å². The molecule has 8 nitrogen and oxygen atoms in total. The summed E-state index contributed by atoms with van der Waals surface area (Å²) in [5.41, 5.74) is 3.11. The number of ketones is 1. The fourth-order valence-electron chi connectivity index (χ4n) is 6.75. The minimum atomic E-state index is -1.74. The largest absolute Gasteiger partial charge is 0.384 e.